The molecular weight excluding hydrogens is 314 g/mol. The zero-order valence-corrected chi connectivity index (χ0v) is 12.2. The highest BCUT2D eigenvalue weighted by atomic mass is 79.9. The number of amides is 1. The number of rotatable bonds is 7. The monoisotopic (exact) mass is 329 g/mol. The highest BCUT2D eigenvalue weighted by Crippen LogP contribution is 2.10. The molecule has 0 unspecified atom stereocenters. The number of carboxylic acids is 1. The number of hydrogen-bond donors (Lipinski definition) is 2. The van der Waals surface area contributed by atoms with Crippen LogP contribution < -0.4 is 5.32 Å². The molecule has 1 aromatic rings. The second-order valence-corrected chi connectivity index (χ2v) is 4.93. The van der Waals surface area contributed by atoms with Crippen LogP contribution in [0.1, 0.15) is 13.3 Å². The van der Waals surface area contributed by atoms with Crippen molar-refractivity contribution in [1.29, 1.82) is 0 Å². The molecule has 19 heavy (non-hydrogen) atoms. The van der Waals surface area contributed by atoms with E-state index < -0.39 is 5.97 Å². The largest absolute Gasteiger partial charge is 0.480 e. The summed E-state index contributed by atoms with van der Waals surface area (Å²) in [5, 5.41) is 11.4. The van der Waals surface area contributed by atoms with Gasteiger partial charge in [-0.25, -0.2) is 4.98 Å². The quantitative estimate of drug-likeness (QED) is 0.793. The summed E-state index contributed by atoms with van der Waals surface area (Å²) in [6, 6.07) is 3.44. The van der Waals surface area contributed by atoms with Crippen LogP contribution in [-0.4, -0.2) is 46.5 Å². The van der Waals surface area contributed by atoms with Crippen molar-refractivity contribution >= 4 is 33.6 Å². The van der Waals surface area contributed by atoms with Crippen LogP contribution in [0.25, 0.3) is 0 Å². The van der Waals surface area contributed by atoms with Crippen molar-refractivity contribution in [3.05, 3.63) is 22.8 Å². The van der Waals surface area contributed by atoms with E-state index in [-0.39, 0.29) is 19.0 Å². The van der Waals surface area contributed by atoms with Crippen molar-refractivity contribution in [2.24, 2.45) is 0 Å². The molecule has 0 saturated carbocycles. The van der Waals surface area contributed by atoms with Gasteiger partial charge in [-0.2, -0.15) is 0 Å². The van der Waals surface area contributed by atoms with Crippen molar-refractivity contribution in [3.8, 4) is 0 Å². The molecule has 0 fully saturated rings. The van der Waals surface area contributed by atoms with Crippen LogP contribution in [0, 0.1) is 0 Å². The van der Waals surface area contributed by atoms with Crippen molar-refractivity contribution < 1.29 is 14.7 Å². The van der Waals surface area contributed by atoms with Crippen LogP contribution in [-0.2, 0) is 9.59 Å². The molecule has 1 aromatic heterocycles. The van der Waals surface area contributed by atoms with Gasteiger partial charge in [-0.3, -0.25) is 14.5 Å². The Bertz CT molecular complexity index is 436. The smallest absolute Gasteiger partial charge is 0.317 e. The Hall–Kier alpha value is -1.47. The van der Waals surface area contributed by atoms with E-state index in [0.717, 1.165) is 10.9 Å². The molecule has 0 aliphatic rings. The lowest BCUT2D eigenvalue weighted by atomic mass is 10.3. The minimum Gasteiger partial charge on any atom is -0.480 e. The van der Waals surface area contributed by atoms with Gasteiger partial charge in [-0.15, -0.1) is 0 Å². The summed E-state index contributed by atoms with van der Waals surface area (Å²) in [5.41, 5.74) is 0. The number of carbonyl (C=O) groups is 2. The molecule has 0 aliphatic carbocycles. The first-order chi connectivity index (χ1) is 9.01. The summed E-state index contributed by atoms with van der Waals surface area (Å²) in [6.07, 6.45) is 2.37. The summed E-state index contributed by atoms with van der Waals surface area (Å²) in [6.45, 7) is 2.39. The second kappa shape index (κ2) is 7.85. The highest BCUT2D eigenvalue weighted by molar-refractivity contribution is 9.10. The second-order valence-electron chi connectivity index (χ2n) is 4.01. The maximum absolute atomic E-state index is 11.8. The number of carboxylic acid groups (broad SMARTS) is 1. The first-order valence-electron chi connectivity index (χ1n) is 5.86. The normalized spacial score (nSPS) is 10.5. The molecule has 1 heterocycles. The number of carbonyl (C=O) groups excluding carboxylic acids is 1. The molecule has 1 rings (SSSR count). The Morgan fingerprint density at radius 3 is 2.68 bits per heavy atom. The number of pyridine rings is 1. The third kappa shape index (κ3) is 6.30. The van der Waals surface area contributed by atoms with E-state index in [1.807, 2.05) is 6.92 Å². The number of anilines is 1. The first-order valence-corrected chi connectivity index (χ1v) is 6.66. The lowest BCUT2D eigenvalue weighted by Crippen LogP contribution is -2.37. The highest BCUT2D eigenvalue weighted by Gasteiger charge is 2.13. The third-order valence-electron chi connectivity index (χ3n) is 2.26. The molecule has 6 nitrogen and oxygen atoms in total. The first kappa shape index (κ1) is 15.6. The summed E-state index contributed by atoms with van der Waals surface area (Å²) in [5.74, 6) is -0.771. The standard InChI is InChI=1S/C12H16BrN3O3/c1-2-5-16(8-12(18)19)7-11(17)15-10-4-3-9(13)6-14-10/h3-4,6H,2,5,7-8H2,1H3,(H,18,19)(H,14,15,17). The van der Waals surface area contributed by atoms with Gasteiger partial charge in [0.2, 0.25) is 5.91 Å². The molecule has 0 aromatic carbocycles. The van der Waals surface area contributed by atoms with E-state index in [2.05, 4.69) is 26.2 Å². The van der Waals surface area contributed by atoms with Gasteiger partial charge in [0.05, 0.1) is 13.1 Å². The van der Waals surface area contributed by atoms with Gasteiger partial charge < -0.3 is 10.4 Å². The topological polar surface area (TPSA) is 82.5 Å². The molecule has 0 saturated heterocycles. The summed E-state index contributed by atoms with van der Waals surface area (Å²) >= 11 is 3.25. The van der Waals surface area contributed by atoms with Crippen LogP contribution in [0.4, 0.5) is 5.82 Å². The Balaban J connectivity index is 2.52. The molecular formula is C12H16BrN3O3. The summed E-state index contributed by atoms with van der Waals surface area (Å²) in [7, 11) is 0. The van der Waals surface area contributed by atoms with Crippen molar-refractivity contribution in [2.75, 3.05) is 25.0 Å². The zero-order valence-electron chi connectivity index (χ0n) is 10.6. The van der Waals surface area contributed by atoms with Gasteiger partial charge in [0.15, 0.2) is 0 Å². The fourth-order valence-corrected chi connectivity index (χ4v) is 1.79. The van der Waals surface area contributed by atoms with E-state index >= 15 is 0 Å². The summed E-state index contributed by atoms with van der Waals surface area (Å²) < 4.78 is 0.823. The van der Waals surface area contributed by atoms with Crippen LogP contribution in [0.2, 0.25) is 0 Å². The predicted octanol–water partition coefficient (Wildman–Crippen LogP) is 1.58. The average Bonchev–Trinajstić information content (AvgIpc) is 2.31. The fraction of sp³-hybridized carbons (Fsp3) is 0.417. The van der Waals surface area contributed by atoms with Gasteiger partial charge in [-0.1, -0.05) is 6.92 Å². The van der Waals surface area contributed by atoms with Crippen molar-refractivity contribution in [2.45, 2.75) is 13.3 Å². The number of hydrogen-bond acceptors (Lipinski definition) is 4. The SMILES string of the molecule is CCCN(CC(=O)O)CC(=O)Nc1ccc(Br)cn1. The molecule has 0 bridgehead atoms. The van der Waals surface area contributed by atoms with E-state index in [0.29, 0.717) is 12.4 Å². The average molecular weight is 330 g/mol. The van der Waals surface area contributed by atoms with Crippen LogP contribution in [0.3, 0.4) is 0 Å². The number of halogens is 1. The van der Waals surface area contributed by atoms with Crippen LogP contribution in [0.15, 0.2) is 22.8 Å². The minimum atomic E-state index is -0.942. The van der Waals surface area contributed by atoms with Crippen molar-refractivity contribution in [1.82, 2.24) is 9.88 Å². The van der Waals surface area contributed by atoms with Crippen molar-refractivity contribution in [3.63, 3.8) is 0 Å². The molecule has 7 heteroatoms. The molecule has 1 amide bonds. The van der Waals surface area contributed by atoms with Gasteiger partial charge in [0, 0.05) is 10.7 Å². The molecule has 0 aliphatic heterocycles. The van der Waals surface area contributed by atoms with Gasteiger partial charge in [0.1, 0.15) is 5.82 Å². The molecule has 0 spiro atoms. The van der Waals surface area contributed by atoms with Gasteiger partial charge in [-0.05, 0) is 41.0 Å². The fourth-order valence-electron chi connectivity index (χ4n) is 1.56. The van der Waals surface area contributed by atoms with E-state index in [1.54, 1.807) is 23.2 Å². The molecule has 0 atom stereocenters. The van der Waals surface area contributed by atoms with E-state index in [4.69, 9.17) is 5.11 Å². The number of aliphatic carboxylic acids is 1. The Morgan fingerprint density at radius 1 is 1.42 bits per heavy atom. The lowest BCUT2D eigenvalue weighted by molar-refractivity contribution is -0.138. The Morgan fingerprint density at radius 2 is 2.16 bits per heavy atom. The number of aromatic nitrogens is 1. The minimum absolute atomic E-state index is 0.0396. The number of nitrogens with one attached hydrogen (secondary N) is 1. The Kier molecular flexibility index (Phi) is 6.44. The lowest BCUT2D eigenvalue weighted by Gasteiger charge is -2.18. The maximum Gasteiger partial charge on any atom is 0.317 e. The van der Waals surface area contributed by atoms with Gasteiger partial charge in [0.25, 0.3) is 0 Å². The Labute approximate surface area is 120 Å². The van der Waals surface area contributed by atoms with E-state index in [9.17, 15) is 9.59 Å². The predicted molar refractivity (Wildman–Crippen MR) is 74.9 cm³/mol. The van der Waals surface area contributed by atoms with Crippen LogP contribution in [0.5, 0.6) is 0 Å². The van der Waals surface area contributed by atoms with Crippen LogP contribution >= 0.6 is 15.9 Å². The third-order valence-corrected chi connectivity index (χ3v) is 2.73. The number of nitrogens with zero attached hydrogens (tertiary/aromatic N) is 2. The molecule has 104 valence electrons. The van der Waals surface area contributed by atoms with E-state index in [1.165, 1.54) is 0 Å². The molecule has 2 N–H and O–H groups in total. The summed E-state index contributed by atoms with van der Waals surface area (Å²) in [4.78, 5) is 28.0. The molecule has 0 radical (unpaired) electrons. The van der Waals surface area contributed by atoms with Gasteiger partial charge >= 0.3 is 5.97 Å². The zero-order chi connectivity index (χ0) is 14.3. The maximum atomic E-state index is 11.8.